The van der Waals surface area contributed by atoms with Gasteiger partial charge in [-0.1, -0.05) is 30.3 Å². The highest BCUT2D eigenvalue weighted by Gasteiger charge is 2.24. The molecule has 0 radical (unpaired) electrons. The Labute approximate surface area is 178 Å². The van der Waals surface area contributed by atoms with Crippen molar-refractivity contribution in [2.45, 2.75) is 18.4 Å². The number of nitrogen functional groups attached to an aromatic ring is 1. The zero-order valence-corrected chi connectivity index (χ0v) is 17.9. The maximum atomic E-state index is 13.8. The summed E-state index contributed by atoms with van der Waals surface area (Å²) in [5.41, 5.74) is 7.28. The van der Waals surface area contributed by atoms with Crippen LogP contribution in [0.5, 0.6) is 0 Å². The number of carbonyl (C=O) groups is 1. The quantitative estimate of drug-likeness (QED) is 0.594. The zero-order chi connectivity index (χ0) is 22.2. The number of rotatable bonds is 5. The number of pyridine rings is 1. The van der Waals surface area contributed by atoms with Crippen LogP contribution in [0.2, 0.25) is 5.02 Å². The lowest BCUT2D eigenvalue weighted by molar-refractivity contribution is -0.115. The molecule has 0 saturated carbocycles. The summed E-state index contributed by atoms with van der Waals surface area (Å²) in [6.45, 7) is 5.20. The van der Waals surface area contributed by atoms with E-state index in [2.05, 4.69) is 11.6 Å². The number of hydrogen-bond donors (Lipinski definition) is 1. The second kappa shape index (κ2) is 8.04. The third-order valence-corrected chi connectivity index (χ3v) is 5.85. The first kappa shape index (κ1) is 21.7. The summed E-state index contributed by atoms with van der Waals surface area (Å²) in [7, 11) is -3.80. The van der Waals surface area contributed by atoms with Crippen LogP contribution < -0.4 is 10.6 Å². The molecule has 0 aliphatic heterocycles. The molecule has 6 nitrogen and oxygen atoms in total. The molecule has 0 fully saturated rings. The van der Waals surface area contributed by atoms with Crippen molar-refractivity contribution in [2.24, 2.45) is 0 Å². The van der Waals surface area contributed by atoms with Crippen molar-refractivity contribution in [1.82, 2.24) is 4.98 Å². The number of nitrogens with two attached hydrogens (primary N) is 1. The van der Waals surface area contributed by atoms with Crippen LogP contribution in [0.1, 0.15) is 12.5 Å². The van der Waals surface area contributed by atoms with Gasteiger partial charge in [-0.3, -0.25) is 4.79 Å². The number of nitrogens with zero attached hydrogens (tertiary/aromatic N) is 2. The van der Waals surface area contributed by atoms with E-state index >= 15 is 0 Å². The van der Waals surface area contributed by atoms with E-state index in [9.17, 15) is 17.6 Å². The maximum absolute atomic E-state index is 13.8. The minimum Gasteiger partial charge on any atom is -0.382 e. The van der Waals surface area contributed by atoms with Gasteiger partial charge in [0.1, 0.15) is 11.6 Å². The molecule has 1 aromatic heterocycles. The molecule has 156 valence electrons. The SMILES string of the molecule is C=C(C)C(=O)N(Cc1ccc2cc(Cl)c(N)nc2c1)c1ccc(F)cc1S(C)(=O)=O. The summed E-state index contributed by atoms with van der Waals surface area (Å²) in [5, 5.41) is 1.09. The van der Waals surface area contributed by atoms with Crippen molar-refractivity contribution >= 4 is 49.8 Å². The molecule has 0 aliphatic rings. The van der Waals surface area contributed by atoms with Crippen LogP contribution in [0, 0.1) is 5.82 Å². The topological polar surface area (TPSA) is 93.4 Å². The largest absolute Gasteiger partial charge is 0.382 e. The summed E-state index contributed by atoms with van der Waals surface area (Å²) < 4.78 is 38.2. The van der Waals surface area contributed by atoms with E-state index < -0.39 is 21.6 Å². The highest BCUT2D eigenvalue weighted by Crippen LogP contribution is 2.30. The molecule has 3 rings (SSSR count). The molecule has 30 heavy (non-hydrogen) atoms. The Bertz CT molecular complexity index is 1290. The van der Waals surface area contributed by atoms with Gasteiger partial charge in [0.25, 0.3) is 5.91 Å². The van der Waals surface area contributed by atoms with Gasteiger partial charge >= 0.3 is 0 Å². The molecular formula is C21H19ClFN3O3S. The number of fused-ring (bicyclic) bond motifs is 1. The normalized spacial score (nSPS) is 11.5. The predicted octanol–water partition coefficient (Wildman–Crippen LogP) is 4.12. The molecule has 3 aromatic rings. The molecular weight excluding hydrogens is 429 g/mol. The number of aromatic nitrogens is 1. The van der Waals surface area contributed by atoms with E-state index in [1.165, 1.54) is 17.9 Å². The van der Waals surface area contributed by atoms with Crippen molar-refractivity contribution in [3.8, 4) is 0 Å². The molecule has 2 aromatic carbocycles. The molecule has 2 N–H and O–H groups in total. The van der Waals surface area contributed by atoms with Gasteiger partial charge in [0, 0.05) is 17.2 Å². The molecule has 1 heterocycles. The molecule has 0 spiro atoms. The van der Waals surface area contributed by atoms with Gasteiger partial charge in [-0.2, -0.15) is 0 Å². The van der Waals surface area contributed by atoms with Crippen molar-refractivity contribution in [3.05, 3.63) is 71.0 Å². The van der Waals surface area contributed by atoms with Crippen molar-refractivity contribution < 1.29 is 17.6 Å². The molecule has 0 unspecified atom stereocenters. The highest BCUT2D eigenvalue weighted by molar-refractivity contribution is 7.90. The number of benzene rings is 2. The molecule has 9 heteroatoms. The maximum Gasteiger partial charge on any atom is 0.253 e. The minimum atomic E-state index is -3.80. The Balaban J connectivity index is 2.13. The van der Waals surface area contributed by atoms with Crippen molar-refractivity contribution in [1.29, 1.82) is 0 Å². The first-order valence-corrected chi connectivity index (χ1v) is 11.1. The minimum absolute atomic E-state index is 0.0139. The summed E-state index contributed by atoms with van der Waals surface area (Å²) in [5.74, 6) is -1.03. The number of hydrogen-bond acceptors (Lipinski definition) is 5. The van der Waals surface area contributed by atoms with Gasteiger partial charge in [-0.25, -0.2) is 17.8 Å². The highest BCUT2D eigenvalue weighted by atomic mass is 35.5. The zero-order valence-electron chi connectivity index (χ0n) is 16.3. The standard InChI is InChI=1S/C21H19ClFN3O3S/c1-12(2)21(27)26(18-7-6-15(23)10-19(18)30(3,28)29)11-13-4-5-14-9-16(22)20(24)25-17(14)8-13/h4-10H,1,11H2,2-3H3,(H2,24,25). The van der Waals surface area contributed by atoms with E-state index in [4.69, 9.17) is 17.3 Å². The second-order valence-electron chi connectivity index (χ2n) is 6.94. The Morgan fingerprint density at radius 2 is 1.93 bits per heavy atom. The number of amides is 1. The average Bonchev–Trinajstić information content (AvgIpc) is 2.66. The smallest absolute Gasteiger partial charge is 0.253 e. The Morgan fingerprint density at radius 3 is 2.57 bits per heavy atom. The number of sulfone groups is 1. The fourth-order valence-electron chi connectivity index (χ4n) is 2.99. The van der Waals surface area contributed by atoms with Gasteiger partial charge in [0.05, 0.1) is 27.7 Å². The van der Waals surface area contributed by atoms with Crippen LogP contribution in [0.15, 0.2) is 59.5 Å². The number of carbonyl (C=O) groups excluding carboxylic acids is 1. The fourth-order valence-corrected chi connectivity index (χ4v) is 4.03. The predicted molar refractivity (Wildman–Crippen MR) is 117 cm³/mol. The summed E-state index contributed by atoms with van der Waals surface area (Å²) in [6.07, 6.45) is 0.959. The molecule has 1 amide bonds. The lowest BCUT2D eigenvalue weighted by Crippen LogP contribution is -2.32. The lowest BCUT2D eigenvalue weighted by atomic mass is 10.1. The Kier molecular flexibility index (Phi) is 5.83. The third-order valence-electron chi connectivity index (χ3n) is 4.43. The molecule has 0 bridgehead atoms. The third kappa shape index (κ3) is 4.44. The van der Waals surface area contributed by atoms with Gasteiger partial charge in [-0.15, -0.1) is 0 Å². The van der Waals surface area contributed by atoms with Crippen LogP contribution in [-0.4, -0.2) is 25.6 Å². The second-order valence-corrected chi connectivity index (χ2v) is 9.33. The van der Waals surface area contributed by atoms with E-state index in [0.29, 0.717) is 16.1 Å². The van der Waals surface area contributed by atoms with E-state index in [-0.39, 0.29) is 28.5 Å². The van der Waals surface area contributed by atoms with Crippen molar-refractivity contribution in [3.63, 3.8) is 0 Å². The molecule has 0 atom stereocenters. The van der Waals surface area contributed by atoms with Gasteiger partial charge < -0.3 is 10.6 Å². The molecule has 0 aliphatic carbocycles. The lowest BCUT2D eigenvalue weighted by Gasteiger charge is -2.25. The fraction of sp³-hybridized carbons (Fsp3) is 0.143. The van der Waals surface area contributed by atoms with E-state index in [1.54, 1.807) is 24.3 Å². The average molecular weight is 448 g/mol. The van der Waals surface area contributed by atoms with Gasteiger partial charge in [0.15, 0.2) is 9.84 Å². The van der Waals surface area contributed by atoms with Gasteiger partial charge in [-0.05, 0) is 42.8 Å². The van der Waals surface area contributed by atoms with Crippen LogP contribution >= 0.6 is 11.6 Å². The first-order chi connectivity index (χ1) is 14.0. The first-order valence-electron chi connectivity index (χ1n) is 8.79. The van der Waals surface area contributed by atoms with Crippen LogP contribution in [0.4, 0.5) is 15.9 Å². The molecule has 0 saturated heterocycles. The van der Waals surface area contributed by atoms with Crippen LogP contribution in [-0.2, 0) is 21.2 Å². The summed E-state index contributed by atoms with van der Waals surface area (Å²) in [6, 6.07) is 10.2. The van der Waals surface area contributed by atoms with E-state index in [1.807, 2.05) is 0 Å². The monoisotopic (exact) mass is 447 g/mol. The van der Waals surface area contributed by atoms with Crippen LogP contribution in [0.3, 0.4) is 0 Å². The summed E-state index contributed by atoms with van der Waals surface area (Å²) >= 11 is 6.00. The van der Waals surface area contributed by atoms with Crippen molar-refractivity contribution in [2.75, 3.05) is 16.9 Å². The van der Waals surface area contributed by atoms with E-state index in [0.717, 1.165) is 23.8 Å². The van der Waals surface area contributed by atoms with Crippen LogP contribution in [0.25, 0.3) is 10.9 Å². The Morgan fingerprint density at radius 1 is 1.23 bits per heavy atom. The summed E-state index contributed by atoms with van der Waals surface area (Å²) in [4.78, 5) is 18.1. The number of anilines is 2. The van der Waals surface area contributed by atoms with Gasteiger partial charge in [0.2, 0.25) is 0 Å². The number of halogens is 2. The Hall–Kier alpha value is -2.97.